The van der Waals surface area contributed by atoms with Crippen molar-refractivity contribution in [3.63, 3.8) is 0 Å². The Morgan fingerprint density at radius 3 is 2.52 bits per heavy atom. The van der Waals surface area contributed by atoms with Crippen molar-refractivity contribution in [2.75, 3.05) is 19.3 Å². The summed E-state index contributed by atoms with van der Waals surface area (Å²) < 4.78 is 28.8. The van der Waals surface area contributed by atoms with Crippen LogP contribution in [0.2, 0.25) is 0 Å². The third-order valence-corrected chi connectivity index (χ3v) is 4.69. The number of para-hydroxylation sites is 1. The molecule has 0 saturated carbocycles. The van der Waals surface area contributed by atoms with Crippen LogP contribution in [0, 0.1) is 0 Å². The fourth-order valence-electron chi connectivity index (χ4n) is 2.36. The lowest BCUT2D eigenvalue weighted by Crippen LogP contribution is -2.20. The van der Waals surface area contributed by atoms with Crippen molar-refractivity contribution in [2.24, 2.45) is 4.99 Å². The zero-order valence-corrected chi connectivity index (χ0v) is 13.6. The number of nitrogens with one attached hydrogen (secondary N) is 1. The highest BCUT2D eigenvalue weighted by Crippen LogP contribution is 2.21. The fraction of sp³-hybridized carbons (Fsp3) is 0.235. The van der Waals surface area contributed by atoms with Crippen LogP contribution in [0.3, 0.4) is 0 Å². The smallest absolute Gasteiger partial charge is 0.175 e. The zero-order valence-electron chi connectivity index (χ0n) is 12.8. The predicted octanol–water partition coefficient (Wildman–Crippen LogP) is 2.02. The first-order valence-corrected chi connectivity index (χ1v) is 9.23. The molecule has 1 heterocycles. The molecule has 0 bridgehead atoms. The van der Waals surface area contributed by atoms with Crippen LogP contribution >= 0.6 is 0 Å². The molecule has 0 fully saturated rings. The maximum absolute atomic E-state index is 11.5. The highest BCUT2D eigenvalue weighted by Gasteiger charge is 2.13. The van der Waals surface area contributed by atoms with Crippen molar-refractivity contribution in [1.82, 2.24) is 5.32 Å². The van der Waals surface area contributed by atoms with E-state index >= 15 is 0 Å². The highest BCUT2D eigenvalue weighted by atomic mass is 32.2. The van der Waals surface area contributed by atoms with E-state index in [-0.39, 0.29) is 0 Å². The Hall–Kier alpha value is -2.34. The molecule has 0 spiro atoms. The summed E-state index contributed by atoms with van der Waals surface area (Å²) in [6.45, 7) is 1.99. The Balaban J connectivity index is 1.74. The van der Waals surface area contributed by atoms with Gasteiger partial charge in [0.25, 0.3) is 0 Å². The number of rotatable bonds is 5. The van der Waals surface area contributed by atoms with E-state index in [1.54, 1.807) is 24.3 Å². The Kier molecular flexibility index (Phi) is 4.34. The van der Waals surface area contributed by atoms with E-state index < -0.39 is 9.84 Å². The van der Waals surface area contributed by atoms with Crippen LogP contribution in [0.4, 0.5) is 0 Å². The molecule has 1 N–H and O–H groups in total. The SMILES string of the molecule is CS(=O)(=O)c1ccc(COc2ccccc2C2=NCCN2)cc1. The summed E-state index contributed by atoms with van der Waals surface area (Å²) in [6.07, 6.45) is 1.20. The van der Waals surface area contributed by atoms with E-state index in [1.165, 1.54) is 6.26 Å². The molecular weight excluding hydrogens is 312 g/mol. The summed E-state index contributed by atoms with van der Waals surface area (Å²) in [5.74, 6) is 1.61. The first-order valence-electron chi connectivity index (χ1n) is 7.33. The van der Waals surface area contributed by atoms with Gasteiger partial charge in [0.2, 0.25) is 0 Å². The van der Waals surface area contributed by atoms with Gasteiger partial charge in [0, 0.05) is 12.8 Å². The normalized spacial score (nSPS) is 14.2. The molecule has 0 unspecified atom stereocenters. The summed E-state index contributed by atoms with van der Waals surface area (Å²) in [5, 5.41) is 3.24. The van der Waals surface area contributed by atoms with E-state index in [1.807, 2.05) is 24.3 Å². The molecule has 3 rings (SSSR count). The largest absolute Gasteiger partial charge is 0.488 e. The number of aliphatic imine (C=N–C) groups is 1. The molecule has 6 heteroatoms. The van der Waals surface area contributed by atoms with Crippen LogP contribution in [0.25, 0.3) is 0 Å². The maximum Gasteiger partial charge on any atom is 0.175 e. The lowest BCUT2D eigenvalue weighted by Gasteiger charge is -2.12. The number of amidine groups is 1. The van der Waals surface area contributed by atoms with Crippen molar-refractivity contribution in [3.05, 3.63) is 59.7 Å². The minimum atomic E-state index is -3.17. The minimum absolute atomic E-state index is 0.311. The first kappa shape index (κ1) is 15.6. The van der Waals surface area contributed by atoms with E-state index in [0.717, 1.165) is 35.8 Å². The molecule has 1 aliphatic rings. The molecule has 0 aromatic heterocycles. The number of hydrogen-bond acceptors (Lipinski definition) is 5. The third-order valence-electron chi connectivity index (χ3n) is 3.56. The average Bonchev–Trinajstić information content (AvgIpc) is 3.07. The Morgan fingerprint density at radius 2 is 1.87 bits per heavy atom. The monoisotopic (exact) mass is 330 g/mol. The van der Waals surface area contributed by atoms with Gasteiger partial charge in [-0.15, -0.1) is 0 Å². The van der Waals surface area contributed by atoms with Gasteiger partial charge in [-0.25, -0.2) is 8.42 Å². The third kappa shape index (κ3) is 3.71. The molecule has 23 heavy (non-hydrogen) atoms. The maximum atomic E-state index is 11.5. The molecule has 120 valence electrons. The van der Waals surface area contributed by atoms with Gasteiger partial charge in [0.15, 0.2) is 9.84 Å². The van der Waals surface area contributed by atoms with Gasteiger partial charge in [0.05, 0.1) is 17.0 Å². The van der Waals surface area contributed by atoms with Crippen LogP contribution in [-0.4, -0.2) is 33.6 Å². The summed E-state index contributed by atoms with van der Waals surface area (Å²) in [7, 11) is -3.17. The number of benzene rings is 2. The van der Waals surface area contributed by atoms with Gasteiger partial charge < -0.3 is 10.1 Å². The number of sulfone groups is 1. The standard InChI is InChI=1S/C17H18N2O3S/c1-23(20,21)14-8-6-13(7-9-14)12-22-16-5-3-2-4-15(16)17-18-10-11-19-17/h2-9H,10-12H2,1H3,(H,18,19). The average molecular weight is 330 g/mol. The van der Waals surface area contributed by atoms with Crippen LogP contribution < -0.4 is 10.1 Å². The molecule has 5 nitrogen and oxygen atoms in total. The Morgan fingerprint density at radius 1 is 1.13 bits per heavy atom. The summed E-state index contributed by atoms with van der Waals surface area (Å²) in [6, 6.07) is 14.5. The molecule has 2 aromatic carbocycles. The number of hydrogen-bond donors (Lipinski definition) is 1. The quantitative estimate of drug-likeness (QED) is 0.911. The van der Waals surface area contributed by atoms with Crippen molar-refractivity contribution >= 4 is 15.7 Å². The second kappa shape index (κ2) is 6.42. The van der Waals surface area contributed by atoms with Gasteiger partial charge in [-0.1, -0.05) is 24.3 Å². The van der Waals surface area contributed by atoms with Crippen LogP contribution in [0.5, 0.6) is 5.75 Å². The summed E-state index contributed by atoms with van der Waals surface area (Å²) in [4.78, 5) is 4.73. The van der Waals surface area contributed by atoms with Gasteiger partial charge in [-0.05, 0) is 29.8 Å². The van der Waals surface area contributed by atoms with Gasteiger partial charge in [0.1, 0.15) is 18.2 Å². The van der Waals surface area contributed by atoms with E-state index in [9.17, 15) is 8.42 Å². The molecule has 0 saturated heterocycles. The van der Waals surface area contributed by atoms with Gasteiger partial charge in [-0.3, -0.25) is 4.99 Å². The van der Waals surface area contributed by atoms with Crippen molar-refractivity contribution in [1.29, 1.82) is 0 Å². The van der Waals surface area contributed by atoms with Gasteiger partial charge >= 0.3 is 0 Å². The van der Waals surface area contributed by atoms with Crippen LogP contribution in [-0.2, 0) is 16.4 Å². The number of nitrogens with zero attached hydrogens (tertiary/aromatic N) is 1. The molecule has 0 atom stereocenters. The molecule has 0 amide bonds. The van der Waals surface area contributed by atoms with E-state index in [0.29, 0.717) is 11.5 Å². The second-order valence-electron chi connectivity index (χ2n) is 5.36. The van der Waals surface area contributed by atoms with Crippen molar-refractivity contribution in [2.45, 2.75) is 11.5 Å². The number of ether oxygens (including phenoxy) is 1. The van der Waals surface area contributed by atoms with Crippen molar-refractivity contribution < 1.29 is 13.2 Å². The predicted molar refractivity (Wildman–Crippen MR) is 89.7 cm³/mol. The Bertz CT molecular complexity index is 827. The summed E-state index contributed by atoms with van der Waals surface area (Å²) >= 11 is 0. The van der Waals surface area contributed by atoms with Crippen molar-refractivity contribution in [3.8, 4) is 5.75 Å². The van der Waals surface area contributed by atoms with E-state index in [2.05, 4.69) is 10.3 Å². The van der Waals surface area contributed by atoms with Crippen LogP contribution in [0.1, 0.15) is 11.1 Å². The lowest BCUT2D eigenvalue weighted by molar-refractivity contribution is 0.305. The van der Waals surface area contributed by atoms with Crippen LogP contribution in [0.15, 0.2) is 58.4 Å². The molecule has 0 radical (unpaired) electrons. The Labute approximate surface area is 135 Å². The zero-order chi connectivity index (χ0) is 16.3. The summed E-state index contributed by atoms with van der Waals surface area (Å²) in [5.41, 5.74) is 1.85. The first-order chi connectivity index (χ1) is 11.0. The second-order valence-corrected chi connectivity index (χ2v) is 7.37. The molecule has 2 aromatic rings. The lowest BCUT2D eigenvalue weighted by atomic mass is 10.2. The van der Waals surface area contributed by atoms with E-state index in [4.69, 9.17) is 4.74 Å². The highest BCUT2D eigenvalue weighted by molar-refractivity contribution is 7.90. The molecule has 1 aliphatic heterocycles. The minimum Gasteiger partial charge on any atom is -0.488 e. The topological polar surface area (TPSA) is 67.8 Å². The molecule has 0 aliphatic carbocycles. The molecular formula is C17H18N2O3S. The van der Waals surface area contributed by atoms with Gasteiger partial charge in [-0.2, -0.15) is 0 Å². The fourth-order valence-corrected chi connectivity index (χ4v) is 2.99.